The molecule has 3 atom stereocenters. The van der Waals surface area contributed by atoms with Crippen LogP contribution in [0, 0.1) is 0 Å². The highest BCUT2D eigenvalue weighted by atomic mass is 16.5. The second-order valence-corrected chi connectivity index (χ2v) is 14.0. The fourth-order valence-corrected chi connectivity index (χ4v) is 8.80. The van der Waals surface area contributed by atoms with Crippen molar-refractivity contribution < 1.29 is 19.4 Å². The van der Waals surface area contributed by atoms with Crippen LogP contribution in [0.4, 0.5) is 5.69 Å². The standard InChI is InChI=1S/C40H42N4O4/c45-31-9-13-34-28(20-31)8-12-33(26-4-2-1-3-5-26)38(34)27-6-10-32(11-7-27)47-19-18-42-22-29(23-42)43-16-17-44-30(24-43)25-48-39-36-21-41-40(46)35(36)14-15-37(39)44/h1-7,9-11,13-15,20,29-30,33,38,45H,8,12,16-19,21-25H2,(H,41,46). The maximum Gasteiger partial charge on any atom is 0.252 e. The first-order valence-corrected chi connectivity index (χ1v) is 17.5. The zero-order valence-electron chi connectivity index (χ0n) is 27.2. The van der Waals surface area contributed by atoms with Crippen LogP contribution in [-0.4, -0.2) is 85.4 Å². The Bertz CT molecular complexity index is 1820. The molecule has 0 saturated carbocycles. The molecular weight excluding hydrogens is 600 g/mol. The number of hydrogen-bond acceptors (Lipinski definition) is 7. The van der Waals surface area contributed by atoms with Crippen LogP contribution >= 0.6 is 0 Å². The Hall–Kier alpha value is -4.53. The molecule has 0 radical (unpaired) electrons. The van der Waals surface area contributed by atoms with Gasteiger partial charge in [-0.15, -0.1) is 0 Å². The van der Waals surface area contributed by atoms with Crippen molar-refractivity contribution in [2.75, 3.05) is 57.4 Å². The second-order valence-electron chi connectivity index (χ2n) is 14.0. The van der Waals surface area contributed by atoms with Crippen LogP contribution in [0.2, 0.25) is 0 Å². The van der Waals surface area contributed by atoms with E-state index in [-0.39, 0.29) is 11.8 Å². The molecule has 246 valence electrons. The predicted molar refractivity (Wildman–Crippen MR) is 185 cm³/mol. The molecule has 0 aromatic heterocycles. The van der Waals surface area contributed by atoms with Gasteiger partial charge in [-0.3, -0.25) is 14.6 Å². The Balaban J connectivity index is 0.783. The largest absolute Gasteiger partial charge is 0.508 e. The van der Waals surface area contributed by atoms with Gasteiger partial charge in [0, 0.05) is 68.9 Å². The molecule has 3 unspecified atom stereocenters. The second kappa shape index (κ2) is 12.2. The number of rotatable bonds is 7. The Labute approximate surface area is 281 Å². The van der Waals surface area contributed by atoms with E-state index in [9.17, 15) is 9.90 Å². The number of carbonyl (C=O) groups excluding carboxylic acids is 1. The minimum absolute atomic E-state index is 0.00250. The smallest absolute Gasteiger partial charge is 0.252 e. The predicted octanol–water partition coefficient (Wildman–Crippen LogP) is 5.14. The molecule has 1 aliphatic carbocycles. The van der Waals surface area contributed by atoms with E-state index >= 15 is 0 Å². The number of carbonyl (C=O) groups is 1. The van der Waals surface area contributed by atoms with Crippen LogP contribution < -0.4 is 19.7 Å². The highest BCUT2D eigenvalue weighted by molar-refractivity contribution is 6.00. The van der Waals surface area contributed by atoms with E-state index in [0.29, 0.717) is 43.5 Å². The van der Waals surface area contributed by atoms with Gasteiger partial charge in [0.15, 0.2) is 0 Å². The Morgan fingerprint density at radius 2 is 1.75 bits per heavy atom. The summed E-state index contributed by atoms with van der Waals surface area (Å²) in [4.78, 5) is 19.7. The summed E-state index contributed by atoms with van der Waals surface area (Å²) in [6, 6.07) is 30.4. The Kier molecular flexibility index (Phi) is 7.50. The van der Waals surface area contributed by atoms with E-state index in [4.69, 9.17) is 9.47 Å². The van der Waals surface area contributed by atoms with Gasteiger partial charge in [-0.2, -0.15) is 0 Å². The SMILES string of the molecule is O=C1NCc2c1ccc1c2OCC2CN(C3CN(CCOc4ccc(C5c6ccc(O)cc6CCC5c5ccccc5)cc4)C3)CCN12. The van der Waals surface area contributed by atoms with Gasteiger partial charge in [0.2, 0.25) is 0 Å². The number of likely N-dealkylation sites (tertiary alicyclic amines) is 1. The number of anilines is 1. The van der Waals surface area contributed by atoms with Crippen molar-refractivity contribution in [2.24, 2.45) is 0 Å². The number of phenols is 1. The van der Waals surface area contributed by atoms with Crippen molar-refractivity contribution in [3.8, 4) is 17.2 Å². The molecule has 4 aliphatic heterocycles. The van der Waals surface area contributed by atoms with Gasteiger partial charge in [-0.1, -0.05) is 48.5 Å². The topological polar surface area (TPSA) is 77.5 Å². The number of benzene rings is 4. The lowest BCUT2D eigenvalue weighted by Gasteiger charge is -2.52. The first kappa shape index (κ1) is 29.6. The Morgan fingerprint density at radius 1 is 0.896 bits per heavy atom. The van der Waals surface area contributed by atoms with Crippen LogP contribution in [-0.2, 0) is 13.0 Å². The molecule has 8 heteroatoms. The zero-order valence-corrected chi connectivity index (χ0v) is 27.2. The minimum atomic E-state index is 0.00250. The van der Waals surface area contributed by atoms with Crippen molar-refractivity contribution in [1.82, 2.24) is 15.1 Å². The lowest BCUT2D eigenvalue weighted by atomic mass is 9.69. The quantitative estimate of drug-likeness (QED) is 0.289. The summed E-state index contributed by atoms with van der Waals surface area (Å²) in [5.41, 5.74) is 8.13. The van der Waals surface area contributed by atoms with Crippen molar-refractivity contribution >= 4 is 11.6 Å². The average Bonchev–Trinajstić information content (AvgIpc) is 3.49. The molecule has 8 nitrogen and oxygen atoms in total. The third-order valence-electron chi connectivity index (χ3n) is 11.3. The van der Waals surface area contributed by atoms with Crippen molar-refractivity contribution in [3.05, 3.63) is 118 Å². The van der Waals surface area contributed by atoms with Crippen LogP contribution in [0.1, 0.15) is 56.4 Å². The van der Waals surface area contributed by atoms with Gasteiger partial charge in [-0.05, 0) is 77.4 Å². The highest BCUT2D eigenvalue weighted by Crippen LogP contribution is 2.47. The normalized spacial score (nSPS) is 23.6. The monoisotopic (exact) mass is 642 g/mol. The molecule has 2 fully saturated rings. The van der Waals surface area contributed by atoms with E-state index in [1.54, 1.807) is 0 Å². The maximum absolute atomic E-state index is 12.1. The third-order valence-corrected chi connectivity index (χ3v) is 11.3. The molecule has 2 N–H and O–H groups in total. The summed E-state index contributed by atoms with van der Waals surface area (Å²) in [6.07, 6.45) is 2.03. The maximum atomic E-state index is 12.1. The molecule has 4 heterocycles. The van der Waals surface area contributed by atoms with Gasteiger partial charge < -0.3 is 24.8 Å². The fourth-order valence-electron chi connectivity index (χ4n) is 8.80. The Morgan fingerprint density at radius 3 is 2.60 bits per heavy atom. The number of piperazine rings is 1. The third kappa shape index (κ3) is 5.28. The van der Waals surface area contributed by atoms with Crippen LogP contribution in [0.15, 0.2) is 84.9 Å². The van der Waals surface area contributed by atoms with E-state index < -0.39 is 0 Å². The highest BCUT2D eigenvalue weighted by Gasteiger charge is 2.40. The summed E-state index contributed by atoms with van der Waals surface area (Å²) >= 11 is 0. The summed E-state index contributed by atoms with van der Waals surface area (Å²) < 4.78 is 12.5. The zero-order chi connectivity index (χ0) is 32.2. The molecule has 0 spiro atoms. The molecule has 1 amide bonds. The van der Waals surface area contributed by atoms with E-state index in [0.717, 1.165) is 80.4 Å². The lowest BCUT2D eigenvalue weighted by Crippen LogP contribution is -2.66. The number of nitrogens with zero attached hydrogens (tertiary/aromatic N) is 3. The molecular formula is C40H42N4O4. The number of fused-ring (bicyclic) bond motifs is 6. The minimum Gasteiger partial charge on any atom is -0.508 e. The number of aromatic hydroxyl groups is 1. The number of nitrogens with one attached hydrogen (secondary N) is 1. The van der Waals surface area contributed by atoms with Gasteiger partial charge in [0.25, 0.3) is 5.91 Å². The summed E-state index contributed by atoms with van der Waals surface area (Å²) in [5, 5.41) is 13.1. The molecule has 4 aromatic carbocycles. The number of ether oxygens (including phenoxy) is 2. The van der Waals surface area contributed by atoms with Gasteiger partial charge in [-0.25, -0.2) is 0 Å². The van der Waals surface area contributed by atoms with Crippen molar-refractivity contribution in [1.29, 1.82) is 0 Å². The molecule has 0 bridgehead atoms. The summed E-state index contributed by atoms with van der Waals surface area (Å²) in [5.74, 6) is 2.79. The number of phenolic OH excluding ortho intramolecular Hbond substituents is 1. The lowest BCUT2D eigenvalue weighted by molar-refractivity contribution is 0.0115. The molecule has 2 saturated heterocycles. The molecule has 48 heavy (non-hydrogen) atoms. The van der Waals surface area contributed by atoms with Crippen LogP contribution in [0.3, 0.4) is 0 Å². The number of hydrogen-bond donors (Lipinski definition) is 2. The summed E-state index contributed by atoms with van der Waals surface area (Å²) in [6.45, 7) is 8.01. The first-order valence-electron chi connectivity index (χ1n) is 17.5. The van der Waals surface area contributed by atoms with E-state index in [2.05, 4.69) is 86.7 Å². The fraction of sp³-hybridized carbons (Fsp3) is 0.375. The van der Waals surface area contributed by atoms with E-state index in [1.165, 1.54) is 22.3 Å². The van der Waals surface area contributed by atoms with E-state index in [1.807, 2.05) is 18.2 Å². The molecule has 5 aliphatic rings. The van der Waals surface area contributed by atoms with Gasteiger partial charge >= 0.3 is 0 Å². The molecule has 9 rings (SSSR count). The first-order chi connectivity index (χ1) is 23.6. The van der Waals surface area contributed by atoms with Crippen LogP contribution in [0.5, 0.6) is 17.2 Å². The van der Waals surface area contributed by atoms with Crippen molar-refractivity contribution in [3.63, 3.8) is 0 Å². The summed E-state index contributed by atoms with van der Waals surface area (Å²) in [7, 11) is 0. The van der Waals surface area contributed by atoms with Crippen LogP contribution in [0.25, 0.3) is 0 Å². The average molecular weight is 643 g/mol. The molecule has 4 aromatic rings. The van der Waals surface area contributed by atoms with Gasteiger partial charge in [0.1, 0.15) is 30.5 Å². The number of amides is 1. The van der Waals surface area contributed by atoms with Crippen molar-refractivity contribution in [2.45, 2.75) is 43.3 Å². The number of aryl methyl sites for hydroxylation is 1. The van der Waals surface area contributed by atoms with Gasteiger partial charge in [0.05, 0.1) is 11.7 Å².